The first-order chi connectivity index (χ1) is 3.46. The summed E-state index contributed by atoms with van der Waals surface area (Å²) in [5, 5.41) is 8.06. The molecule has 0 aromatic heterocycles. The van der Waals surface area contributed by atoms with Crippen molar-refractivity contribution in [2.45, 2.75) is 20.0 Å². The van der Waals surface area contributed by atoms with Crippen LogP contribution in [0.5, 0.6) is 0 Å². The van der Waals surface area contributed by atoms with Crippen molar-refractivity contribution in [3.63, 3.8) is 0 Å². The molecule has 0 aliphatic heterocycles. The maximum Gasteiger partial charge on any atom is 0.0483 e. The van der Waals surface area contributed by atoms with Crippen molar-refractivity contribution >= 4 is 12.4 Å². The number of nitrogens with zero attached hydrogens (tertiary/aromatic N) is 1. The van der Waals surface area contributed by atoms with Crippen LogP contribution in [0.15, 0.2) is 0 Å². The van der Waals surface area contributed by atoms with Crippen LogP contribution in [0.3, 0.4) is 0 Å². The Morgan fingerprint density at radius 3 is 1.11 bits per heavy atom. The lowest BCUT2D eigenvalue weighted by Gasteiger charge is -1.90. The predicted octanol–water partition coefficient (Wildman–Crippen LogP) is 0.987. The Morgan fingerprint density at radius 2 is 1.11 bits per heavy atom. The molecule has 0 bridgehead atoms. The summed E-state index contributed by atoms with van der Waals surface area (Å²) in [5.74, 6) is 0. The first-order valence-electron chi connectivity index (χ1n) is 2.75. The highest BCUT2D eigenvalue weighted by atomic mass is 35.5. The van der Waals surface area contributed by atoms with Gasteiger partial charge in [0.15, 0.2) is 0 Å². The molecule has 0 rings (SSSR count). The quantitative estimate of drug-likeness (QED) is 0.564. The average Bonchev–Trinajstić information content (AvgIpc) is 1.25. The Kier molecular flexibility index (Phi) is 19.8. The van der Waals surface area contributed by atoms with Crippen LogP contribution in [0.1, 0.15) is 13.8 Å². The molecule has 9 heavy (non-hydrogen) atoms. The van der Waals surface area contributed by atoms with Gasteiger partial charge in [-0.1, -0.05) is 0 Å². The van der Waals surface area contributed by atoms with E-state index in [1.165, 1.54) is 0 Å². The van der Waals surface area contributed by atoms with Crippen molar-refractivity contribution in [2.24, 2.45) is 0 Å². The van der Waals surface area contributed by atoms with Gasteiger partial charge < -0.3 is 10.0 Å². The van der Waals surface area contributed by atoms with Crippen molar-refractivity contribution in [1.29, 1.82) is 0 Å². The molecule has 0 heterocycles. The van der Waals surface area contributed by atoms with Crippen molar-refractivity contribution in [2.75, 3.05) is 21.1 Å². The number of hydrogen-bond donors (Lipinski definition) is 1. The third-order valence-corrected chi connectivity index (χ3v) is 0. The third kappa shape index (κ3) is 7180. The molecule has 0 amide bonds. The number of hydrogen-bond acceptors (Lipinski definition) is 2. The van der Waals surface area contributed by atoms with Gasteiger partial charge in [0.25, 0.3) is 0 Å². The first-order valence-corrected chi connectivity index (χ1v) is 2.75. The molecule has 0 saturated heterocycles. The van der Waals surface area contributed by atoms with Gasteiger partial charge >= 0.3 is 0 Å². The lowest BCUT2D eigenvalue weighted by atomic mass is 10.5. The standard InChI is InChI=1S/C3H9N.C3H8O.ClH/c1-4(2)3;1-3(2)4;/h1-3H3;3-4H,1-2H3;1H. The smallest absolute Gasteiger partial charge is 0.0483 e. The Morgan fingerprint density at radius 1 is 1.11 bits per heavy atom. The summed E-state index contributed by atoms with van der Waals surface area (Å²) in [6.07, 6.45) is -0.167. The molecule has 60 valence electrons. The highest BCUT2D eigenvalue weighted by molar-refractivity contribution is 5.85. The molecule has 0 saturated carbocycles. The van der Waals surface area contributed by atoms with E-state index in [0.717, 1.165) is 0 Å². The van der Waals surface area contributed by atoms with Gasteiger partial charge in [-0.25, -0.2) is 0 Å². The zero-order valence-electron chi connectivity index (χ0n) is 6.88. The van der Waals surface area contributed by atoms with Gasteiger partial charge in [-0.2, -0.15) is 0 Å². The molecule has 0 aliphatic carbocycles. The van der Waals surface area contributed by atoms with E-state index >= 15 is 0 Å². The predicted molar refractivity (Wildman–Crippen MR) is 44.2 cm³/mol. The maximum atomic E-state index is 8.06. The van der Waals surface area contributed by atoms with Gasteiger partial charge in [0.1, 0.15) is 0 Å². The molecule has 0 aromatic carbocycles. The molecule has 3 heteroatoms. The average molecular weight is 156 g/mol. The van der Waals surface area contributed by atoms with Crippen LogP contribution in [-0.2, 0) is 0 Å². The van der Waals surface area contributed by atoms with E-state index in [2.05, 4.69) is 0 Å². The summed E-state index contributed by atoms with van der Waals surface area (Å²) in [6, 6.07) is 0. The summed E-state index contributed by atoms with van der Waals surface area (Å²) in [7, 11) is 6.00. The number of rotatable bonds is 0. The van der Waals surface area contributed by atoms with Crippen LogP contribution in [-0.4, -0.2) is 37.3 Å². The van der Waals surface area contributed by atoms with Crippen LogP contribution in [0, 0.1) is 0 Å². The first kappa shape index (κ1) is 16.1. The molecule has 0 unspecified atom stereocenters. The topological polar surface area (TPSA) is 23.5 Å². The van der Waals surface area contributed by atoms with Gasteiger partial charge in [0.05, 0.1) is 0 Å². The maximum absolute atomic E-state index is 8.06. The summed E-state index contributed by atoms with van der Waals surface area (Å²) < 4.78 is 0. The van der Waals surface area contributed by atoms with Gasteiger partial charge in [-0.05, 0) is 35.0 Å². The van der Waals surface area contributed by atoms with E-state index in [1.54, 1.807) is 13.8 Å². The lowest BCUT2D eigenvalue weighted by Crippen LogP contribution is -1.99. The second-order valence-corrected chi connectivity index (χ2v) is 2.44. The molecule has 2 nitrogen and oxygen atoms in total. The van der Waals surface area contributed by atoms with Gasteiger partial charge in [-0.3, -0.25) is 0 Å². The second kappa shape index (κ2) is 11.1. The number of aliphatic hydroxyl groups excluding tert-OH is 1. The lowest BCUT2D eigenvalue weighted by molar-refractivity contribution is 0.216. The zero-order valence-corrected chi connectivity index (χ0v) is 7.70. The minimum absolute atomic E-state index is 0. The van der Waals surface area contributed by atoms with Crippen molar-refractivity contribution < 1.29 is 5.11 Å². The monoisotopic (exact) mass is 155 g/mol. The fourth-order valence-corrected chi connectivity index (χ4v) is 0. The highest BCUT2D eigenvalue weighted by Gasteiger charge is 1.69. The molecule has 1 N–H and O–H groups in total. The molecular weight excluding hydrogens is 138 g/mol. The Balaban J connectivity index is -0.0000000720. The minimum atomic E-state index is -0.167. The van der Waals surface area contributed by atoms with Crippen molar-refractivity contribution in [3.8, 4) is 0 Å². The summed E-state index contributed by atoms with van der Waals surface area (Å²) in [4.78, 5) is 2.00. The van der Waals surface area contributed by atoms with E-state index in [4.69, 9.17) is 5.11 Å². The molecule has 0 radical (unpaired) electrons. The minimum Gasteiger partial charge on any atom is -0.394 e. The molecule has 0 aromatic rings. The van der Waals surface area contributed by atoms with E-state index in [-0.39, 0.29) is 18.5 Å². The normalized spacial score (nSPS) is 8.00. The summed E-state index contributed by atoms with van der Waals surface area (Å²) >= 11 is 0. The second-order valence-electron chi connectivity index (χ2n) is 2.44. The van der Waals surface area contributed by atoms with Crippen LogP contribution in [0.25, 0.3) is 0 Å². The number of aliphatic hydroxyl groups is 1. The third-order valence-electron chi connectivity index (χ3n) is 0. The summed E-state index contributed by atoms with van der Waals surface area (Å²) in [5.41, 5.74) is 0. The van der Waals surface area contributed by atoms with Crippen LogP contribution in [0.2, 0.25) is 0 Å². The summed E-state index contributed by atoms with van der Waals surface area (Å²) in [6.45, 7) is 3.44. The fourth-order valence-electron chi connectivity index (χ4n) is 0. The SMILES string of the molecule is CC(C)O.CN(C)C.Cl. The van der Waals surface area contributed by atoms with Gasteiger partial charge in [0.2, 0.25) is 0 Å². The number of halogens is 1. The fraction of sp³-hybridized carbons (Fsp3) is 1.00. The van der Waals surface area contributed by atoms with Gasteiger partial charge in [0, 0.05) is 6.10 Å². The van der Waals surface area contributed by atoms with Gasteiger partial charge in [-0.15, -0.1) is 12.4 Å². The van der Waals surface area contributed by atoms with E-state index in [9.17, 15) is 0 Å². The molecule has 0 fully saturated rings. The zero-order chi connectivity index (χ0) is 7.15. The van der Waals surface area contributed by atoms with Crippen molar-refractivity contribution in [3.05, 3.63) is 0 Å². The molecular formula is C6H18ClNO. The van der Waals surface area contributed by atoms with E-state index in [1.807, 2.05) is 26.0 Å². The van der Waals surface area contributed by atoms with Crippen LogP contribution >= 0.6 is 12.4 Å². The highest BCUT2D eigenvalue weighted by Crippen LogP contribution is 1.65. The Hall–Kier alpha value is 0.210. The molecule has 0 spiro atoms. The molecule has 0 aliphatic rings. The largest absolute Gasteiger partial charge is 0.394 e. The van der Waals surface area contributed by atoms with E-state index < -0.39 is 0 Å². The van der Waals surface area contributed by atoms with Crippen LogP contribution in [0.4, 0.5) is 0 Å². The Labute approximate surface area is 64.3 Å². The van der Waals surface area contributed by atoms with Crippen LogP contribution < -0.4 is 0 Å². The van der Waals surface area contributed by atoms with Crippen molar-refractivity contribution in [1.82, 2.24) is 4.90 Å². The van der Waals surface area contributed by atoms with E-state index in [0.29, 0.717) is 0 Å². The molecule has 0 atom stereocenters. The Bertz CT molecular complexity index is 28.5.